The summed E-state index contributed by atoms with van der Waals surface area (Å²) in [7, 11) is 1.62. The molecule has 3 aromatic rings. The first-order chi connectivity index (χ1) is 15.1. The Morgan fingerprint density at radius 2 is 2.06 bits per heavy atom. The summed E-state index contributed by atoms with van der Waals surface area (Å²) in [5.41, 5.74) is 1.87. The van der Waals surface area contributed by atoms with E-state index in [1.807, 2.05) is 41.0 Å². The zero-order valence-electron chi connectivity index (χ0n) is 16.8. The number of benzene rings is 2. The third-order valence-corrected chi connectivity index (χ3v) is 5.82. The number of carbonyl (C=O) groups excluding carboxylic acids is 1. The Morgan fingerprint density at radius 3 is 2.87 bits per heavy atom. The molecule has 0 fully saturated rings. The van der Waals surface area contributed by atoms with Crippen molar-refractivity contribution in [2.75, 3.05) is 32.6 Å². The second-order valence-corrected chi connectivity index (χ2v) is 8.02. The molecule has 8 nitrogen and oxygen atoms in total. The second-order valence-electron chi connectivity index (χ2n) is 6.67. The maximum atomic E-state index is 12.3. The van der Waals surface area contributed by atoms with Gasteiger partial charge in [0, 0.05) is 12.2 Å². The van der Waals surface area contributed by atoms with Crippen LogP contribution < -0.4 is 19.5 Å². The van der Waals surface area contributed by atoms with Gasteiger partial charge in [-0.25, -0.2) is 0 Å². The molecule has 0 saturated heterocycles. The Morgan fingerprint density at radius 1 is 1.26 bits per heavy atom. The van der Waals surface area contributed by atoms with Crippen molar-refractivity contribution in [1.82, 2.24) is 20.1 Å². The van der Waals surface area contributed by atoms with Crippen molar-refractivity contribution < 1.29 is 19.0 Å². The molecule has 2 heterocycles. The van der Waals surface area contributed by atoms with E-state index < -0.39 is 0 Å². The Kier molecular flexibility index (Phi) is 6.83. The third kappa shape index (κ3) is 5.23. The monoisotopic (exact) mass is 460 g/mol. The van der Waals surface area contributed by atoms with Crippen molar-refractivity contribution in [2.45, 2.75) is 11.6 Å². The maximum absolute atomic E-state index is 12.3. The molecular formula is C21H21ClN4O4S. The first-order valence-corrected chi connectivity index (χ1v) is 11.0. The van der Waals surface area contributed by atoms with Crippen LogP contribution in [0.2, 0.25) is 5.02 Å². The van der Waals surface area contributed by atoms with Gasteiger partial charge in [0.15, 0.2) is 16.7 Å². The Hall–Kier alpha value is -2.91. The fraction of sp³-hybridized carbons (Fsp3) is 0.286. The van der Waals surface area contributed by atoms with Crippen molar-refractivity contribution >= 4 is 29.3 Å². The summed E-state index contributed by atoms with van der Waals surface area (Å²) < 4.78 is 18.1. The number of hydrogen-bond acceptors (Lipinski definition) is 7. The molecule has 0 unspecified atom stereocenters. The van der Waals surface area contributed by atoms with Gasteiger partial charge in [-0.1, -0.05) is 23.4 Å². The van der Waals surface area contributed by atoms with Crippen LogP contribution in [0.15, 0.2) is 47.9 Å². The molecule has 2 aromatic carbocycles. The zero-order valence-corrected chi connectivity index (χ0v) is 18.4. The molecular weight excluding hydrogens is 440 g/mol. The van der Waals surface area contributed by atoms with Gasteiger partial charge in [-0.3, -0.25) is 9.36 Å². The van der Waals surface area contributed by atoms with Crippen LogP contribution in [0.3, 0.4) is 0 Å². The normalized spacial score (nSPS) is 12.5. The molecule has 0 atom stereocenters. The number of nitrogens with zero attached hydrogens (tertiary/aromatic N) is 3. The van der Waals surface area contributed by atoms with Crippen LogP contribution in [0.5, 0.6) is 17.2 Å². The third-order valence-electron chi connectivity index (χ3n) is 4.59. The Balaban J connectivity index is 1.28. The van der Waals surface area contributed by atoms with Crippen molar-refractivity contribution in [3.8, 4) is 22.9 Å². The van der Waals surface area contributed by atoms with Crippen molar-refractivity contribution in [3.05, 3.63) is 53.3 Å². The largest absolute Gasteiger partial charge is 0.497 e. The fourth-order valence-corrected chi connectivity index (χ4v) is 4.13. The average molecular weight is 461 g/mol. The lowest BCUT2D eigenvalue weighted by molar-refractivity contribution is -0.118. The molecule has 0 aliphatic carbocycles. The predicted molar refractivity (Wildman–Crippen MR) is 118 cm³/mol. The molecule has 162 valence electrons. The predicted octanol–water partition coefficient (Wildman–Crippen LogP) is 3.15. The van der Waals surface area contributed by atoms with Crippen LogP contribution >= 0.6 is 23.4 Å². The zero-order chi connectivity index (χ0) is 21.6. The van der Waals surface area contributed by atoms with Crippen LogP contribution in [0.1, 0.15) is 5.56 Å². The van der Waals surface area contributed by atoms with Crippen LogP contribution in [0.25, 0.3) is 5.69 Å². The lowest BCUT2D eigenvalue weighted by Crippen LogP contribution is -2.27. The van der Waals surface area contributed by atoms with Gasteiger partial charge in [-0.15, -0.1) is 10.2 Å². The second kappa shape index (κ2) is 9.93. The smallest absolute Gasteiger partial charge is 0.230 e. The summed E-state index contributed by atoms with van der Waals surface area (Å²) in [6.07, 6.45) is 2.25. The Labute approximate surface area is 188 Å². The molecule has 0 bridgehead atoms. The summed E-state index contributed by atoms with van der Waals surface area (Å²) >= 11 is 7.58. The molecule has 0 radical (unpaired) electrons. The first kappa shape index (κ1) is 21.3. The van der Waals surface area contributed by atoms with Gasteiger partial charge in [0.1, 0.15) is 25.3 Å². The summed E-state index contributed by atoms with van der Waals surface area (Å²) in [5.74, 6) is 2.14. The number of methoxy groups -OCH3 is 1. The molecule has 1 amide bonds. The standard InChI is InChI=1S/C21H21ClN4O4S/c1-28-16-4-2-15(3-5-16)26-13-24-25-21(26)31-12-19(27)23-7-6-14-10-17(22)20-18(11-14)29-8-9-30-20/h2-5,10-11,13H,6-9,12H2,1H3,(H,23,27). The van der Waals surface area contributed by atoms with E-state index >= 15 is 0 Å². The summed E-state index contributed by atoms with van der Waals surface area (Å²) in [6, 6.07) is 11.3. The number of rotatable bonds is 8. The molecule has 0 spiro atoms. The lowest BCUT2D eigenvalue weighted by atomic mass is 10.1. The van der Waals surface area contributed by atoms with Crippen molar-refractivity contribution in [1.29, 1.82) is 0 Å². The van der Waals surface area contributed by atoms with E-state index in [0.717, 1.165) is 17.0 Å². The molecule has 10 heteroatoms. The molecule has 31 heavy (non-hydrogen) atoms. The van der Waals surface area contributed by atoms with Crippen LogP contribution in [-0.2, 0) is 11.2 Å². The van der Waals surface area contributed by atoms with E-state index in [2.05, 4.69) is 15.5 Å². The van der Waals surface area contributed by atoms with Gasteiger partial charge in [0.2, 0.25) is 5.91 Å². The van der Waals surface area contributed by atoms with Gasteiger partial charge in [-0.05, 0) is 48.4 Å². The molecule has 1 aliphatic rings. The molecule has 1 N–H and O–H groups in total. The van der Waals surface area contributed by atoms with E-state index in [4.69, 9.17) is 25.8 Å². The lowest BCUT2D eigenvalue weighted by Gasteiger charge is -2.20. The summed E-state index contributed by atoms with van der Waals surface area (Å²) in [5, 5.41) is 12.1. The van der Waals surface area contributed by atoms with Crippen LogP contribution in [0, 0.1) is 0 Å². The highest BCUT2D eigenvalue weighted by molar-refractivity contribution is 7.99. The number of nitrogens with one attached hydrogen (secondary N) is 1. The summed E-state index contributed by atoms with van der Waals surface area (Å²) in [4.78, 5) is 12.3. The quantitative estimate of drug-likeness (QED) is 0.516. The molecule has 1 aliphatic heterocycles. The number of ether oxygens (including phenoxy) is 3. The number of amides is 1. The van der Waals surface area contributed by atoms with Gasteiger partial charge in [-0.2, -0.15) is 0 Å². The molecule has 0 saturated carbocycles. The van der Waals surface area contributed by atoms with Gasteiger partial charge in [0.25, 0.3) is 0 Å². The number of carbonyl (C=O) groups is 1. The maximum Gasteiger partial charge on any atom is 0.230 e. The topological polar surface area (TPSA) is 87.5 Å². The Bertz CT molecular complexity index is 1060. The summed E-state index contributed by atoms with van der Waals surface area (Å²) in [6.45, 7) is 1.48. The van der Waals surface area contributed by atoms with E-state index in [1.54, 1.807) is 13.4 Å². The number of hydrogen-bond donors (Lipinski definition) is 1. The number of halogens is 1. The molecule has 4 rings (SSSR count). The van der Waals surface area contributed by atoms with Crippen molar-refractivity contribution in [2.24, 2.45) is 0 Å². The van der Waals surface area contributed by atoms with Gasteiger partial charge in [0.05, 0.1) is 17.9 Å². The van der Waals surface area contributed by atoms with Crippen LogP contribution in [-0.4, -0.2) is 53.3 Å². The number of aromatic nitrogens is 3. The molecule has 1 aromatic heterocycles. The number of thioether (sulfide) groups is 1. The average Bonchev–Trinajstić information content (AvgIpc) is 3.26. The minimum absolute atomic E-state index is 0.0853. The van der Waals surface area contributed by atoms with Gasteiger partial charge >= 0.3 is 0 Å². The highest BCUT2D eigenvalue weighted by Gasteiger charge is 2.17. The first-order valence-electron chi connectivity index (χ1n) is 9.66. The van der Waals surface area contributed by atoms with Gasteiger partial charge < -0.3 is 19.5 Å². The minimum atomic E-state index is -0.0853. The minimum Gasteiger partial charge on any atom is -0.497 e. The van der Waals surface area contributed by atoms with E-state index in [0.29, 0.717) is 47.9 Å². The fourth-order valence-electron chi connectivity index (χ4n) is 3.08. The highest BCUT2D eigenvalue weighted by Crippen LogP contribution is 2.38. The SMILES string of the molecule is COc1ccc(-n2cnnc2SCC(=O)NCCc2cc(Cl)c3c(c2)OCCO3)cc1. The highest BCUT2D eigenvalue weighted by atomic mass is 35.5. The number of fused-ring (bicyclic) bond motifs is 1. The van der Waals surface area contributed by atoms with E-state index in [1.165, 1.54) is 11.8 Å². The van der Waals surface area contributed by atoms with Crippen LogP contribution in [0.4, 0.5) is 0 Å². The van der Waals surface area contributed by atoms with Crippen molar-refractivity contribution in [3.63, 3.8) is 0 Å². The van der Waals surface area contributed by atoms with E-state index in [9.17, 15) is 4.79 Å². The van der Waals surface area contributed by atoms with E-state index in [-0.39, 0.29) is 11.7 Å².